The molecule has 2 saturated heterocycles. The van der Waals surface area contributed by atoms with Crippen molar-refractivity contribution in [1.29, 1.82) is 0 Å². The summed E-state index contributed by atoms with van der Waals surface area (Å²) < 4.78 is 31.1. The largest absolute Gasteiger partial charge is 0.449 e. The molecule has 3 amide bonds. The zero-order valence-corrected chi connectivity index (χ0v) is 30.3. The minimum Gasteiger partial charge on any atom is -0.449 e. The number of nitrogens with zero attached hydrogens (tertiary/aromatic N) is 5. The number of aromatic nitrogens is 2. The van der Waals surface area contributed by atoms with E-state index in [2.05, 4.69) is 15.4 Å². The third-order valence-electron chi connectivity index (χ3n) is 9.45. The van der Waals surface area contributed by atoms with Crippen molar-refractivity contribution in [3.05, 3.63) is 71.4 Å². The molecule has 3 aromatic rings. The molecule has 3 aliphatic heterocycles. The van der Waals surface area contributed by atoms with Crippen molar-refractivity contribution < 1.29 is 32.9 Å². The summed E-state index contributed by atoms with van der Waals surface area (Å²) in [7, 11) is -2.00. The Morgan fingerprint density at radius 3 is 2.53 bits per heavy atom. The number of unbranched alkanes of at least 4 members (excludes halogenated alkanes) is 1. The Morgan fingerprint density at radius 1 is 1.04 bits per heavy atom. The Morgan fingerprint density at radius 2 is 1.80 bits per heavy atom. The van der Waals surface area contributed by atoms with Crippen LogP contribution in [0.25, 0.3) is 11.4 Å². The highest BCUT2D eigenvalue weighted by atomic mass is 31.2. The van der Waals surface area contributed by atoms with E-state index in [0.717, 1.165) is 36.0 Å². The first kappa shape index (κ1) is 36.3. The van der Waals surface area contributed by atoms with Gasteiger partial charge in [0.2, 0.25) is 5.91 Å². The van der Waals surface area contributed by atoms with Gasteiger partial charge in [0.05, 0.1) is 25.5 Å². The summed E-state index contributed by atoms with van der Waals surface area (Å²) in [5.41, 5.74) is 3.24. The highest BCUT2D eigenvalue weighted by Gasteiger charge is 2.39. The second-order valence-corrected chi connectivity index (χ2v) is 15.2. The van der Waals surface area contributed by atoms with E-state index in [-0.39, 0.29) is 50.7 Å². The predicted molar refractivity (Wildman–Crippen MR) is 193 cm³/mol. The smallest absolute Gasteiger partial charge is 0.409 e. The van der Waals surface area contributed by atoms with Crippen LogP contribution in [0.15, 0.2) is 54.6 Å². The molecule has 1 aromatic heterocycles. The topological polar surface area (TPSA) is 156 Å². The van der Waals surface area contributed by atoms with Crippen molar-refractivity contribution in [1.82, 2.24) is 25.1 Å². The summed E-state index contributed by atoms with van der Waals surface area (Å²) in [4.78, 5) is 55.5. The van der Waals surface area contributed by atoms with Gasteiger partial charge in [-0.25, -0.2) is 14.8 Å². The Hall–Kier alpha value is -4.52. The van der Waals surface area contributed by atoms with Crippen LogP contribution in [0.2, 0.25) is 0 Å². The lowest BCUT2D eigenvalue weighted by atomic mass is 10.1. The van der Waals surface area contributed by atoms with Gasteiger partial charge in [0, 0.05) is 69.3 Å². The second kappa shape index (κ2) is 16.2. The number of ether oxygens (including phenoxy) is 2. The third-order valence-corrected chi connectivity index (χ3v) is 11.4. The van der Waals surface area contributed by atoms with Crippen molar-refractivity contribution >= 4 is 36.9 Å². The number of hydrogen-bond donors (Lipinski definition) is 2. The zero-order valence-electron chi connectivity index (χ0n) is 29.4. The van der Waals surface area contributed by atoms with Crippen molar-refractivity contribution in [2.75, 3.05) is 69.1 Å². The molecule has 0 bridgehead atoms. The number of piperazine rings is 1. The predicted octanol–water partition coefficient (Wildman–Crippen LogP) is 4.69. The van der Waals surface area contributed by atoms with Gasteiger partial charge in [-0.15, -0.1) is 0 Å². The van der Waals surface area contributed by atoms with E-state index in [1.807, 2.05) is 67.3 Å². The van der Waals surface area contributed by atoms with Crippen molar-refractivity contribution in [2.24, 2.45) is 0 Å². The fourth-order valence-corrected chi connectivity index (χ4v) is 8.42. The Labute approximate surface area is 298 Å². The molecule has 14 nitrogen and oxygen atoms in total. The summed E-state index contributed by atoms with van der Waals surface area (Å²) in [6, 6.07) is 15.4. The molecule has 0 spiro atoms. The number of methoxy groups -OCH3 is 1. The Balaban J connectivity index is 1.26. The molecule has 3 atom stereocenters. The molecule has 0 saturated carbocycles. The number of amides is 3. The summed E-state index contributed by atoms with van der Waals surface area (Å²) in [6.07, 6.45) is 1.82. The van der Waals surface area contributed by atoms with E-state index in [1.54, 1.807) is 23.0 Å². The number of benzene rings is 2. The second-order valence-electron chi connectivity index (χ2n) is 13.0. The molecule has 3 aliphatic rings. The molecule has 0 aliphatic carbocycles. The van der Waals surface area contributed by atoms with Crippen molar-refractivity contribution in [2.45, 2.75) is 51.9 Å². The normalized spacial score (nSPS) is 20.7. The standard InChI is InChI=1S/C36H46N7O7P/c1-4-5-20-49-36(46)42-18-16-41(17-19-42)35(45)30(24-51(47)40-32-25(2)10-9-13-27(32)23-50-51)38-34(44)29-21-31(43-15-14-28(22-43)48-3)39-33(37-29)26-11-7-6-8-12-26/h6-13,21,28,30H,4-5,14-20,22-24H2,1-3H3,(H,38,44)(H,40,47)/t28-,30-,51?/m0/s1. The number of nitrogens with one attached hydrogen (secondary N) is 2. The number of carbonyl (C=O) groups excluding carboxylic acids is 3. The van der Waals surface area contributed by atoms with Crippen molar-refractivity contribution in [3.8, 4) is 11.4 Å². The number of fused-ring (bicyclic) bond motifs is 1. The minimum absolute atomic E-state index is 0.0343. The van der Waals surface area contributed by atoms with Gasteiger partial charge in [0.15, 0.2) is 5.82 Å². The molecule has 15 heteroatoms. The molecule has 4 heterocycles. The Kier molecular flexibility index (Phi) is 11.5. The third kappa shape index (κ3) is 8.69. The van der Waals surface area contributed by atoms with E-state index in [9.17, 15) is 18.9 Å². The number of anilines is 2. The molecule has 1 unspecified atom stereocenters. The molecule has 0 radical (unpaired) electrons. The molecular weight excluding hydrogens is 673 g/mol. The van der Waals surface area contributed by atoms with Gasteiger partial charge in [-0.05, 0) is 25.3 Å². The summed E-state index contributed by atoms with van der Waals surface area (Å²) in [5.74, 6) is -0.120. The van der Waals surface area contributed by atoms with Gasteiger partial charge in [-0.1, -0.05) is 61.9 Å². The monoisotopic (exact) mass is 719 g/mol. The fraction of sp³-hybridized carbons (Fsp3) is 0.472. The maximum atomic E-state index is 14.3. The summed E-state index contributed by atoms with van der Waals surface area (Å²) in [6.45, 7) is 6.65. The lowest BCUT2D eigenvalue weighted by molar-refractivity contribution is -0.134. The summed E-state index contributed by atoms with van der Waals surface area (Å²) >= 11 is 0. The fourth-order valence-electron chi connectivity index (χ4n) is 6.42. The maximum absolute atomic E-state index is 14.3. The first-order valence-electron chi connectivity index (χ1n) is 17.5. The Bertz CT molecular complexity index is 1770. The average molecular weight is 720 g/mol. The molecular formula is C36H46N7O7P. The molecule has 2 fully saturated rings. The van der Waals surface area contributed by atoms with E-state index in [4.69, 9.17) is 19.0 Å². The van der Waals surface area contributed by atoms with Gasteiger partial charge in [-0.3, -0.25) is 14.2 Å². The van der Waals surface area contributed by atoms with Gasteiger partial charge >= 0.3 is 6.09 Å². The van der Waals surface area contributed by atoms with Crippen LogP contribution in [0, 0.1) is 6.92 Å². The highest BCUT2D eigenvalue weighted by molar-refractivity contribution is 7.60. The highest BCUT2D eigenvalue weighted by Crippen LogP contribution is 2.53. The maximum Gasteiger partial charge on any atom is 0.409 e. The number of aryl methyl sites for hydroxylation is 1. The van der Waals surface area contributed by atoms with Gasteiger partial charge in [0.1, 0.15) is 17.6 Å². The summed E-state index contributed by atoms with van der Waals surface area (Å²) in [5, 5.41) is 5.94. The first-order chi connectivity index (χ1) is 24.7. The average Bonchev–Trinajstić information content (AvgIpc) is 3.65. The number of carbonyl (C=O) groups is 3. The van der Waals surface area contributed by atoms with Crippen LogP contribution in [-0.2, 0) is 30.0 Å². The van der Waals surface area contributed by atoms with Crippen LogP contribution in [0.3, 0.4) is 0 Å². The lowest BCUT2D eigenvalue weighted by Crippen LogP contribution is -2.57. The molecule has 272 valence electrons. The number of para-hydroxylation sites is 1. The lowest BCUT2D eigenvalue weighted by Gasteiger charge is -2.37. The molecule has 2 N–H and O–H groups in total. The number of rotatable bonds is 11. The van der Waals surface area contributed by atoms with E-state index >= 15 is 0 Å². The number of hydrogen-bond acceptors (Lipinski definition) is 10. The van der Waals surface area contributed by atoms with Gasteiger partial charge in [-0.2, -0.15) is 0 Å². The van der Waals surface area contributed by atoms with Crippen LogP contribution in [0.1, 0.15) is 47.8 Å². The van der Waals surface area contributed by atoms with Crippen LogP contribution in [0.4, 0.5) is 16.3 Å². The van der Waals surface area contributed by atoms with Gasteiger partial charge in [0.25, 0.3) is 13.4 Å². The van der Waals surface area contributed by atoms with E-state index in [1.165, 1.54) is 0 Å². The first-order valence-corrected chi connectivity index (χ1v) is 19.3. The van der Waals surface area contributed by atoms with Crippen LogP contribution < -0.4 is 15.3 Å². The van der Waals surface area contributed by atoms with Gasteiger partial charge < -0.3 is 39.1 Å². The van der Waals surface area contributed by atoms with E-state index < -0.39 is 31.5 Å². The molecule has 51 heavy (non-hydrogen) atoms. The zero-order chi connectivity index (χ0) is 36.0. The van der Waals surface area contributed by atoms with E-state index in [0.29, 0.717) is 37.0 Å². The molecule has 2 aromatic carbocycles. The van der Waals surface area contributed by atoms with Crippen LogP contribution in [-0.4, -0.2) is 109 Å². The SMILES string of the molecule is CCCCOC(=O)N1CCN(C(=O)[C@H](CP2(=O)Nc3c(C)cccc3CO2)NC(=O)c2cc(N3CC[C@H](OC)C3)nc(-c3ccccc3)n2)CC1. The molecule has 6 rings (SSSR count). The van der Waals surface area contributed by atoms with Crippen LogP contribution in [0.5, 0.6) is 0 Å². The minimum atomic E-state index is -3.67. The van der Waals surface area contributed by atoms with Crippen molar-refractivity contribution in [3.63, 3.8) is 0 Å². The van der Waals surface area contributed by atoms with Crippen LogP contribution >= 0.6 is 7.52 Å². The quantitative estimate of drug-likeness (QED) is 0.210.